The fraction of sp³-hybridized carbons (Fsp3) is 0.286. The summed E-state index contributed by atoms with van der Waals surface area (Å²) in [5.41, 5.74) is 8.79. The molecule has 2 N–H and O–H groups in total. The van der Waals surface area contributed by atoms with E-state index in [2.05, 4.69) is 48.3 Å². The van der Waals surface area contributed by atoms with Crippen LogP contribution in [0.15, 0.2) is 36.4 Å². The van der Waals surface area contributed by atoms with Gasteiger partial charge in [0.1, 0.15) is 5.82 Å². The molecule has 0 aliphatic heterocycles. The standard InChI is InChI=1S/C14H17N3/c1-10(2)9-11-3-5-12(6-4-11)13-7-8-14(15)17-16-13/h3-8,10H,9H2,1-2H3,(H2,15,17). The average Bonchev–Trinajstić information content (AvgIpc) is 2.30. The maximum absolute atomic E-state index is 5.51. The summed E-state index contributed by atoms with van der Waals surface area (Å²) < 4.78 is 0. The van der Waals surface area contributed by atoms with Crippen molar-refractivity contribution in [1.29, 1.82) is 0 Å². The molecule has 0 atom stereocenters. The highest BCUT2D eigenvalue weighted by Crippen LogP contribution is 2.18. The molecule has 0 unspecified atom stereocenters. The van der Waals surface area contributed by atoms with Crippen LogP contribution in [0.5, 0.6) is 0 Å². The zero-order chi connectivity index (χ0) is 12.3. The fourth-order valence-electron chi connectivity index (χ4n) is 1.78. The molecule has 3 nitrogen and oxygen atoms in total. The Bertz CT molecular complexity index is 472. The lowest BCUT2D eigenvalue weighted by Crippen LogP contribution is -1.95. The van der Waals surface area contributed by atoms with Crippen molar-refractivity contribution in [2.75, 3.05) is 5.73 Å². The third-order valence-corrected chi connectivity index (χ3v) is 2.58. The molecule has 3 heteroatoms. The Morgan fingerprint density at radius 1 is 1.00 bits per heavy atom. The predicted octanol–water partition coefficient (Wildman–Crippen LogP) is 2.92. The van der Waals surface area contributed by atoms with Gasteiger partial charge in [0, 0.05) is 5.56 Å². The van der Waals surface area contributed by atoms with E-state index in [0.29, 0.717) is 11.7 Å². The molecule has 2 aromatic rings. The average molecular weight is 227 g/mol. The van der Waals surface area contributed by atoms with Gasteiger partial charge in [0.25, 0.3) is 0 Å². The van der Waals surface area contributed by atoms with Gasteiger partial charge in [0.05, 0.1) is 5.69 Å². The van der Waals surface area contributed by atoms with E-state index in [9.17, 15) is 0 Å². The zero-order valence-electron chi connectivity index (χ0n) is 10.2. The summed E-state index contributed by atoms with van der Waals surface area (Å²) in [6.07, 6.45) is 1.10. The van der Waals surface area contributed by atoms with Gasteiger partial charge in [0.2, 0.25) is 0 Å². The first kappa shape index (κ1) is 11.6. The van der Waals surface area contributed by atoms with Crippen molar-refractivity contribution in [2.45, 2.75) is 20.3 Å². The van der Waals surface area contributed by atoms with E-state index in [0.717, 1.165) is 17.7 Å². The maximum atomic E-state index is 5.51. The summed E-state index contributed by atoms with van der Waals surface area (Å²) in [7, 11) is 0. The molecular formula is C14H17N3. The summed E-state index contributed by atoms with van der Waals surface area (Å²) in [6.45, 7) is 4.44. The molecule has 0 saturated carbocycles. The summed E-state index contributed by atoms with van der Waals surface area (Å²) in [6, 6.07) is 12.1. The number of aromatic nitrogens is 2. The molecule has 2 rings (SSSR count). The van der Waals surface area contributed by atoms with Crippen LogP contribution in [0.3, 0.4) is 0 Å². The first-order valence-electron chi connectivity index (χ1n) is 5.83. The smallest absolute Gasteiger partial charge is 0.146 e. The van der Waals surface area contributed by atoms with Crippen LogP contribution in [0.2, 0.25) is 0 Å². The molecule has 1 heterocycles. The van der Waals surface area contributed by atoms with Crippen molar-refractivity contribution in [1.82, 2.24) is 10.2 Å². The molecule has 1 aromatic carbocycles. The minimum Gasteiger partial charge on any atom is -0.382 e. The molecule has 1 aromatic heterocycles. The number of hydrogen-bond acceptors (Lipinski definition) is 3. The van der Waals surface area contributed by atoms with Crippen molar-refractivity contribution in [2.24, 2.45) is 5.92 Å². The van der Waals surface area contributed by atoms with Crippen LogP contribution in [0.25, 0.3) is 11.3 Å². The fourth-order valence-corrected chi connectivity index (χ4v) is 1.78. The maximum Gasteiger partial charge on any atom is 0.146 e. The van der Waals surface area contributed by atoms with E-state index in [1.54, 1.807) is 6.07 Å². The number of benzene rings is 1. The van der Waals surface area contributed by atoms with E-state index >= 15 is 0 Å². The van der Waals surface area contributed by atoms with Crippen molar-refractivity contribution in [3.8, 4) is 11.3 Å². The van der Waals surface area contributed by atoms with Crippen LogP contribution in [-0.4, -0.2) is 10.2 Å². The first-order chi connectivity index (χ1) is 8.15. The lowest BCUT2D eigenvalue weighted by molar-refractivity contribution is 0.647. The Morgan fingerprint density at radius 3 is 2.24 bits per heavy atom. The van der Waals surface area contributed by atoms with Crippen LogP contribution < -0.4 is 5.73 Å². The Morgan fingerprint density at radius 2 is 1.71 bits per heavy atom. The Balaban J connectivity index is 2.20. The van der Waals surface area contributed by atoms with E-state index < -0.39 is 0 Å². The SMILES string of the molecule is CC(C)Cc1ccc(-c2ccc(N)nn2)cc1. The van der Waals surface area contributed by atoms with Gasteiger partial charge in [-0.05, 0) is 30.0 Å². The number of nitrogens with two attached hydrogens (primary N) is 1. The number of hydrogen-bond donors (Lipinski definition) is 1. The molecule has 0 aliphatic rings. The van der Waals surface area contributed by atoms with E-state index in [1.807, 2.05) is 6.07 Å². The Labute approximate surface area is 102 Å². The molecule has 0 aliphatic carbocycles. The highest BCUT2D eigenvalue weighted by molar-refractivity contribution is 5.59. The van der Waals surface area contributed by atoms with Crippen LogP contribution in [-0.2, 0) is 6.42 Å². The second kappa shape index (κ2) is 4.95. The molecule has 0 bridgehead atoms. The monoisotopic (exact) mass is 227 g/mol. The number of nitrogens with zero attached hydrogens (tertiary/aromatic N) is 2. The van der Waals surface area contributed by atoms with Gasteiger partial charge in [-0.2, -0.15) is 0 Å². The summed E-state index contributed by atoms with van der Waals surface area (Å²) in [4.78, 5) is 0. The van der Waals surface area contributed by atoms with Gasteiger partial charge >= 0.3 is 0 Å². The zero-order valence-corrected chi connectivity index (χ0v) is 10.2. The molecule has 0 spiro atoms. The molecule has 88 valence electrons. The molecular weight excluding hydrogens is 210 g/mol. The van der Waals surface area contributed by atoms with E-state index in [4.69, 9.17) is 5.73 Å². The van der Waals surface area contributed by atoms with Gasteiger partial charge in [-0.25, -0.2) is 0 Å². The molecule has 0 fully saturated rings. The highest BCUT2D eigenvalue weighted by Gasteiger charge is 2.01. The van der Waals surface area contributed by atoms with Gasteiger partial charge < -0.3 is 5.73 Å². The number of rotatable bonds is 3. The summed E-state index contributed by atoms with van der Waals surface area (Å²) in [5.74, 6) is 1.13. The molecule has 0 radical (unpaired) electrons. The van der Waals surface area contributed by atoms with Gasteiger partial charge in [0.15, 0.2) is 0 Å². The number of nitrogen functional groups attached to an aromatic ring is 1. The highest BCUT2D eigenvalue weighted by atomic mass is 15.1. The van der Waals surface area contributed by atoms with Gasteiger partial charge in [-0.15, -0.1) is 10.2 Å². The first-order valence-corrected chi connectivity index (χ1v) is 5.83. The third-order valence-electron chi connectivity index (χ3n) is 2.58. The normalized spacial score (nSPS) is 10.8. The second-order valence-electron chi connectivity index (χ2n) is 4.64. The second-order valence-corrected chi connectivity index (χ2v) is 4.64. The van der Waals surface area contributed by atoms with Crippen molar-refractivity contribution in [3.05, 3.63) is 42.0 Å². The van der Waals surface area contributed by atoms with Crippen LogP contribution in [0, 0.1) is 5.92 Å². The van der Waals surface area contributed by atoms with Crippen molar-refractivity contribution >= 4 is 5.82 Å². The molecule has 17 heavy (non-hydrogen) atoms. The van der Waals surface area contributed by atoms with Crippen LogP contribution in [0.1, 0.15) is 19.4 Å². The Hall–Kier alpha value is -1.90. The number of anilines is 1. The topological polar surface area (TPSA) is 51.8 Å². The van der Waals surface area contributed by atoms with E-state index in [-0.39, 0.29) is 0 Å². The van der Waals surface area contributed by atoms with E-state index in [1.165, 1.54) is 5.56 Å². The summed E-state index contributed by atoms with van der Waals surface area (Å²) >= 11 is 0. The minimum atomic E-state index is 0.449. The van der Waals surface area contributed by atoms with Crippen molar-refractivity contribution < 1.29 is 0 Å². The summed E-state index contributed by atoms with van der Waals surface area (Å²) in [5, 5.41) is 7.92. The predicted molar refractivity (Wildman–Crippen MR) is 70.4 cm³/mol. The molecule has 0 amide bonds. The van der Waals surface area contributed by atoms with Crippen LogP contribution >= 0.6 is 0 Å². The largest absolute Gasteiger partial charge is 0.382 e. The quantitative estimate of drug-likeness (QED) is 0.877. The van der Waals surface area contributed by atoms with Crippen LogP contribution in [0.4, 0.5) is 5.82 Å². The lowest BCUT2D eigenvalue weighted by Gasteiger charge is -2.06. The van der Waals surface area contributed by atoms with Crippen molar-refractivity contribution in [3.63, 3.8) is 0 Å². The Kier molecular flexibility index (Phi) is 3.38. The molecule has 0 saturated heterocycles. The lowest BCUT2D eigenvalue weighted by atomic mass is 10.0. The van der Waals surface area contributed by atoms with Gasteiger partial charge in [-0.1, -0.05) is 38.1 Å². The van der Waals surface area contributed by atoms with Gasteiger partial charge in [-0.3, -0.25) is 0 Å². The third kappa shape index (κ3) is 3.03. The minimum absolute atomic E-state index is 0.449.